The lowest BCUT2D eigenvalue weighted by atomic mass is 10.0. The lowest BCUT2D eigenvalue weighted by Crippen LogP contribution is -2.07. The highest BCUT2D eigenvalue weighted by Crippen LogP contribution is 2.27. The first-order valence-corrected chi connectivity index (χ1v) is 4.67. The number of hydrogen-bond acceptors (Lipinski definition) is 4. The zero-order valence-electron chi connectivity index (χ0n) is 8.37. The van der Waals surface area contributed by atoms with Crippen molar-refractivity contribution in [3.63, 3.8) is 0 Å². The minimum absolute atomic E-state index is 0.0908. The molecule has 0 bridgehead atoms. The fraction of sp³-hybridized carbons (Fsp3) is 0.273. The Morgan fingerprint density at radius 3 is 2.80 bits per heavy atom. The van der Waals surface area contributed by atoms with Crippen LogP contribution in [0.4, 0.5) is 5.69 Å². The molecule has 0 fully saturated rings. The molecule has 0 amide bonds. The Bertz CT molecular complexity index is 451. The predicted octanol–water partition coefficient (Wildman–Crippen LogP) is 1.18. The van der Waals surface area contributed by atoms with E-state index in [9.17, 15) is 9.59 Å². The van der Waals surface area contributed by atoms with Gasteiger partial charge in [-0.2, -0.15) is 0 Å². The second-order valence-corrected chi connectivity index (χ2v) is 3.51. The summed E-state index contributed by atoms with van der Waals surface area (Å²) >= 11 is 0. The average molecular weight is 205 g/mol. The Labute approximate surface area is 87.0 Å². The fourth-order valence-corrected chi connectivity index (χ4v) is 1.80. The number of rotatable bonds is 1. The normalized spacial score (nSPS) is 13.8. The molecule has 1 aliphatic carbocycles. The minimum atomic E-state index is -0.463. The molecular formula is C11H11NO3. The van der Waals surface area contributed by atoms with E-state index in [4.69, 9.17) is 5.73 Å². The Hall–Kier alpha value is -1.84. The Kier molecular flexibility index (Phi) is 2.19. The molecule has 0 aliphatic heterocycles. The first kappa shape index (κ1) is 9.71. The summed E-state index contributed by atoms with van der Waals surface area (Å²) in [6, 6.07) is 3.22. The molecule has 0 atom stereocenters. The number of benzene rings is 1. The summed E-state index contributed by atoms with van der Waals surface area (Å²) < 4.78 is 4.60. The number of fused-ring (bicyclic) bond motifs is 1. The molecule has 2 N–H and O–H groups in total. The van der Waals surface area contributed by atoms with E-state index in [1.807, 2.05) is 0 Å². The number of nitrogens with two attached hydrogens (primary N) is 1. The number of nitrogen functional groups attached to an aromatic ring is 1. The summed E-state index contributed by atoms with van der Waals surface area (Å²) in [5.74, 6) is -0.372. The summed E-state index contributed by atoms with van der Waals surface area (Å²) in [7, 11) is 1.31. The third kappa shape index (κ3) is 1.48. The van der Waals surface area contributed by atoms with Crippen LogP contribution in [0.3, 0.4) is 0 Å². The molecule has 2 rings (SSSR count). The minimum Gasteiger partial charge on any atom is -0.465 e. The molecule has 0 saturated heterocycles. The van der Waals surface area contributed by atoms with Gasteiger partial charge in [0.15, 0.2) is 5.78 Å². The van der Waals surface area contributed by atoms with Crippen LogP contribution >= 0.6 is 0 Å². The Morgan fingerprint density at radius 1 is 1.40 bits per heavy atom. The number of carbonyl (C=O) groups excluding carboxylic acids is 2. The molecule has 0 saturated carbocycles. The summed E-state index contributed by atoms with van der Waals surface area (Å²) in [6.07, 6.45) is 1.18. The van der Waals surface area contributed by atoms with E-state index in [2.05, 4.69) is 4.74 Å². The van der Waals surface area contributed by atoms with E-state index in [1.54, 1.807) is 12.1 Å². The maximum Gasteiger partial charge on any atom is 0.339 e. The molecule has 0 aromatic heterocycles. The van der Waals surface area contributed by atoms with Gasteiger partial charge in [0, 0.05) is 17.7 Å². The molecule has 15 heavy (non-hydrogen) atoms. The van der Waals surface area contributed by atoms with Crippen molar-refractivity contribution in [1.82, 2.24) is 0 Å². The smallest absolute Gasteiger partial charge is 0.339 e. The molecule has 78 valence electrons. The lowest BCUT2D eigenvalue weighted by Gasteiger charge is -2.06. The third-order valence-corrected chi connectivity index (χ3v) is 2.60. The van der Waals surface area contributed by atoms with Crippen LogP contribution in [-0.4, -0.2) is 18.9 Å². The summed E-state index contributed by atoms with van der Waals surface area (Å²) in [5.41, 5.74) is 7.84. The van der Waals surface area contributed by atoms with Crippen molar-refractivity contribution < 1.29 is 14.3 Å². The monoisotopic (exact) mass is 205 g/mol. The number of carbonyl (C=O) groups is 2. The Balaban J connectivity index is 2.53. The zero-order valence-corrected chi connectivity index (χ0v) is 8.37. The van der Waals surface area contributed by atoms with Crippen molar-refractivity contribution in [3.05, 3.63) is 28.8 Å². The molecule has 1 aromatic rings. The number of esters is 1. The van der Waals surface area contributed by atoms with E-state index in [-0.39, 0.29) is 5.78 Å². The molecule has 0 radical (unpaired) electrons. The van der Waals surface area contributed by atoms with E-state index in [0.717, 1.165) is 5.56 Å². The van der Waals surface area contributed by atoms with Gasteiger partial charge in [-0.25, -0.2) is 4.79 Å². The van der Waals surface area contributed by atoms with Crippen molar-refractivity contribution in [2.45, 2.75) is 12.8 Å². The molecule has 4 heteroatoms. The number of anilines is 1. The van der Waals surface area contributed by atoms with Crippen molar-refractivity contribution >= 4 is 17.4 Å². The topological polar surface area (TPSA) is 69.4 Å². The third-order valence-electron chi connectivity index (χ3n) is 2.60. The summed E-state index contributed by atoms with van der Waals surface area (Å²) in [6.45, 7) is 0. The molecule has 1 aliphatic rings. The largest absolute Gasteiger partial charge is 0.465 e. The van der Waals surface area contributed by atoms with Crippen molar-refractivity contribution in [1.29, 1.82) is 0 Å². The number of Topliss-reactive ketones (excluding diaryl/α,β-unsaturated/α-hetero) is 1. The van der Waals surface area contributed by atoms with E-state index in [1.165, 1.54) is 7.11 Å². The number of methoxy groups -OCH3 is 1. The van der Waals surface area contributed by atoms with Crippen LogP contribution in [0.1, 0.15) is 32.7 Å². The van der Waals surface area contributed by atoms with Gasteiger partial charge in [0.1, 0.15) is 0 Å². The highest BCUT2D eigenvalue weighted by Gasteiger charge is 2.23. The number of hydrogen-bond donors (Lipinski definition) is 1. The van der Waals surface area contributed by atoms with Crippen LogP contribution in [-0.2, 0) is 11.2 Å². The van der Waals surface area contributed by atoms with Gasteiger partial charge in [-0.1, -0.05) is 0 Å². The quantitative estimate of drug-likeness (QED) is 0.552. The average Bonchev–Trinajstić information content (AvgIpc) is 2.58. The first-order valence-electron chi connectivity index (χ1n) is 4.67. The summed E-state index contributed by atoms with van der Waals surface area (Å²) in [5, 5.41) is 0. The van der Waals surface area contributed by atoms with Gasteiger partial charge in [0.05, 0.1) is 12.7 Å². The van der Waals surface area contributed by atoms with Gasteiger partial charge in [-0.15, -0.1) is 0 Å². The molecular weight excluding hydrogens is 194 g/mol. The standard InChI is InChI=1S/C11H11NO3/c1-15-11(14)8-4-6-2-3-10(13)7(6)5-9(8)12/h4-5H,2-3,12H2,1H3. The summed E-state index contributed by atoms with van der Waals surface area (Å²) in [4.78, 5) is 22.7. The van der Waals surface area contributed by atoms with Gasteiger partial charge < -0.3 is 10.5 Å². The second-order valence-electron chi connectivity index (χ2n) is 3.51. The van der Waals surface area contributed by atoms with Crippen molar-refractivity contribution in [3.8, 4) is 0 Å². The van der Waals surface area contributed by atoms with Crippen LogP contribution < -0.4 is 5.73 Å². The van der Waals surface area contributed by atoms with Gasteiger partial charge in [0.2, 0.25) is 0 Å². The molecule has 0 unspecified atom stereocenters. The number of ketones is 1. The zero-order chi connectivity index (χ0) is 11.0. The van der Waals surface area contributed by atoms with Crippen molar-refractivity contribution in [2.75, 3.05) is 12.8 Å². The van der Waals surface area contributed by atoms with Gasteiger partial charge in [-0.3, -0.25) is 4.79 Å². The highest BCUT2D eigenvalue weighted by atomic mass is 16.5. The van der Waals surface area contributed by atoms with Crippen molar-refractivity contribution in [2.24, 2.45) is 0 Å². The van der Waals surface area contributed by atoms with Gasteiger partial charge >= 0.3 is 5.97 Å². The van der Waals surface area contributed by atoms with Crippen LogP contribution in [0.5, 0.6) is 0 Å². The second kappa shape index (κ2) is 3.38. The molecule has 0 heterocycles. The van der Waals surface area contributed by atoms with Gasteiger partial charge in [-0.05, 0) is 24.1 Å². The maximum absolute atomic E-state index is 11.4. The van der Waals surface area contributed by atoms with Crippen LogP contribution in [0.25, 0.3) is 0 Å². The highest BCUT2D eigenvalue weighted by molar-refractivity contribution is 6.04. The van der Waals surface area contributed by atoms with Gasteiger partial charge in [0.25, 0.3) is 0 Å². The van der Waals surface area contributed by atoms with Crippen LogP contribution in [0.2, 0.25) is 0 Å². The molecule has 1 aromatic carbocycles. The first-order chi connectivity index (χ1) is 7.13. The van der Waals surface area contributed by atoms with E-state index in [0.29, 0.717) is 29.7 Å². The number of ether oxygens (including phenoxy) is 1. The Morgan fingerprint density at radius 2 is 2.13 bits per heavy atom. The number of aryl methyl sites for hydroxylation is 1. The predicted molar refractivity (Wildman–Crippen MR) is 54.8 cm³/mol. The van der Waals surface area contributed by atoms with E-state index < -0.39 is 5.97 Å². The lowest BCUT2D eigenvalue weighted by molar-refractivity contribution is 0.0601. The van der Waals surface area contributed by atoms with E-state index >= 15 is 0 Å². The van der Waals surface area contributed by atoms with Crippen LogP contribution in [0, 0.1) is 0 Å². The van der Waals surface area contributed by atoms with Crippen LogP contribution in [0.15, 0.2) is 12.1 Å². The SMILES string of the molecule is COC(=O)c1cc2c(cc1N)C(=O)CC2. The molecule has 0 spiro atoms. The molecule has 4 nitrogen and oxygen atoms in total. The fourth-order valence-electron chi connectivity index (χ4n) is 1.80. The maximum atomic E-state index is 11.4.